The minimum absolute atomic E-state index is 0. The summed E-state index contributed by atoms with van der Waals surface area (Å²) >= 11 is 0. The van der Waals surface area contributed by atoms with Crippen LogP contribution in [0, 0.1) is 5.82 Å². The fourth-order valence-corrected chi connectivity index (χ4v) is 2.78. The van der Waals surface area contributed by atoms with Crippen molar-refractivity contribution in [1.29, 1.82) is 0 Å². The van der Waals surface area contributed by atoms with E-state index >= 15 is 0 Å². The van der Waals surface area contributed by atoms with Gasteiger partial charge in [-0.3, -0.25) is 4.79 Å². The summed E-state index contributed by atoms with van der Waals surface area (Å²) in [5, 5.41) is 8.07. The third kappa shape index (κ3) is 4.86. The third-order valence-electron chi connectivity index (χ3n) is 4.33. The number of pyridine rings is 1. The molecule has 11 heteroatoms. The van der Waals surface area contributed by atoms with Gasteiger partial charge >= 0.3 is 0 Å². The van der Waals surface area contributed by atoms with Crippen LogP contribution >= 0.6 is 12.4 Å². The normalized spacial score (nSPS) is 10.5. The lowest BCUT2D eigenvalue weighted by atomic mass is 10.2. The summed E-state index contributed by atoms with van der Waals surface area (Å²) in [5.41, 5.74) is 3.49. The number of carbonyl (C=O) groups excluding carboxylic acids is 1. The Morgan fingerprint density at radius 1 is 1.06 bits per heavy atom. The van der Waals surface area contributed by atoms with Crippen LogP contribution in [0.1, 0.15) is 30.2 Å². The quantitative estimate of drug-likeness (QED) is 0.442. The molecular formula is C21H19ClFN7O2. The molecule has 4 rings (SSSR count). The molecule has 0 atom stereocenters. The van der Waals surface area contributed by atoms with Gasteiger partial charge in [-0.2, -0.15) is 14.9 Å². The van der Waals surface area contributed by atoms with Gasteiger partial charge in [0.25, 0.3) is 11.8 Å². The number of benzene rings is 1. The molecule has 1 aromatic carbocycles. The first-order chi connectivity index (χ1) is 15.0. The predicted molar refractivity (Wildman–Crippen MR) is 116 cm³/mol. The maximum absolute atomic E-state index is 14.1. The van der Waals surface area contributed by atoms with Crippen molar-refractivity contribution >= 4 is 18.3 Å². The van der Waals surface area contributed by atoms with E-state index in [1.54, 1.807) is 54.9 Å². The maximum Gasteiger partial charge on any atom is 0.285 e. The molecule has 1 N–H and O–H groups in total. The molecular weight excluding hydrogens is 437 g/mol. The van der Waals surface area contributed by atoms with Crippen LogP contribution in [0.3, 0.4) is 0 Å². The van der Waals surface area contributed by atoms with Gasteiger partial charge in [0.15, 0.2) is 11.6 Å². The molecule has 0 unspecified atom stereocenters. The van der Waals surface area contributed by atoms with E-state index < -0.39 is 17.6 Å². The van der Waals surface area contributed by atoms with Gasteiger partial charge in [0.2, 0.25) is 5.82 Å². The van der Waals surface area contributed by atoms with Gasteiger partial charge in [-0.25, -0.2) is 9.97 Å². The van der Waals surface area contributed by atoms with E-state index in [-0.39, 0.29) is 24.3 Å². The molecule has 3 aromatic heterocycles. The molecule has 0 aliphatic heterocycles. The van der Waals surface area contributed by atoms with E-state index in [9.17, 15) is 9.18 Å². The maximum atomic E-state index is 14.1. The van der Waals surface area contributed by atoms with Crippen LogP contribution < -0.4 is 10.3 Å². The summed E-state index contributed by atoms with van der Waals surface area (Å²) in [6.45, 7) is 4.01. The van der Waals surface area contributed by atoms with E-state index in [0.717, 1.165) is 6.20 Å². The highest BCUT2D eigenvalue weighted by atomic mass is 35.5. The Morgan fingerprint density at radius 3 is 2.56 bits per heavy atom. The van der Waals surface area contributed by atoms with Crippen LogP contribution in [0.2, 0.25) is 0 Å². The van der Waals surface area contributed by atoms with Crippen molar-refractivity contribution in [3.05, 3.63) is 72.4 Å². The molecule has 0 saturated heterocycles. The van der Waals surface area contributed by atoms with Crippen molar-refractivity contribution in [2.75, 3.05) is 0 Å². The number of hydroxylamine groups is 1. The van der Waals surface area contributed by atoms with E-state index in [4.69, 9.17) is 4.84 Å². The largest absolute Gasteiger partial charge is 0.355 e. The molecule has 32 heavy (non-hydrogen) atoms. The number of hydrogen-bond donors (Lipinski definition) is 1. The Kier molecular flexibility index (Phi) is 7.06. The molecule has 4 aromatic rings. The summed E-state index contributed by atoms with van der Waals surface area (Å²) in [7, 11) is 0. The number of halogens is 2. The van der Waals surface area contributed by atoms with Crippen molar-refractivity contribution in [2.24, 2.45) is 0 Å². The number of nitrogens with one attached hydrogen (secondary N) is 1. The zero-order chi connectivity index (χ0) is 21.8. The highest BCUT2D eigenvalue weighted by molar-refractivity contribution is 5.93. The first kappa shape index (κ1) is 22.8. The third-order valence-corrected chi connectivity index (χ3v) is 4.33. The molecule has 1 amide bonds. The smallest absolute Gasteiger partial charge is 0.285 e. The fraction of sp³-hybridized carbons (Fsp3) is 0.143. The second-order valence-corrected chi connectivity index (χ2v) is 6.81. The Hall–Kier alpha value is -3.92. The minimum atomic E-state index is -0.826. The molecule has 0 aliphatic rings. The number of amides is 1. The first-order valence-corrected chi connectivity index (χ1v) is 9.45. The second kappa shape index (κ2) is 9.92. The fourth-order valence-electron chi connectivity index (χ4n) is 2.78. The van der Waals surface area contributed by atoms with Crippen LogP contribution in [-0.4, -0.2) is 35.6 Å². The molecule has 3 heterocycles. The summed E-state index contributed by atoms with van der Waals surface area (Å²) in [4.78, 5) is 29.8. The summed E-state index contributed by atoms with van der Waals surface area (Å²) in [6, 6.07) is 13.8. The van der Waals surface area contributed by atoms with Crippen LogP contribution in [-0.2, 0) is 0 Å². The zero-order valence-corrected chi connectivity index (χ0v) is 18.0. The number of nitrogens with zero attached hydrogens (tertiary/aromatic N) is 6. The lowest BCUT2D eigenvalue weighted by Gasteiger charge is -2.10. The van der Waals surface area contributed by atoms with Gasteiger partial charge in [-0.05, 0) is 38.1 Å². The van der Waals surface area contributed by atoms with Crippen molar-refractivity contribution in [3.8, 4) is 28.9 Å². The van der Waals surface area contributed by atoms with Crippen molar-refractivity contribution in [2.45, 2.75) is 19.9 Å². The molecule has 9 nitrogen and oxygen atoms in total. The SMILES string of the molecule is CC(C)n1cnnc1-c1cccc(-c2ncc(F)c(ONC(=O)c3ccccc3)n2)n1.Cl. The van der Waals surface area contributed by atoms with E-state index in [2.05, 4.69) is 30.6 Å². The zero-order valence-electron chi connectivity index (χ0n) is 17.1. The molecule has 0 fully saturated rings. The Morgan fingerprint density at radius 2 is 1.81 bits per heavy atom. The topological polar surface area (TPSA) is 108 Å². The molecule has 164 valence electrons. The molecule has 0 aliphatic carbocycles. The monoisotopic (exact) mass is 455 g/mol. The number of carbonyl (C=O) groups is 1. The van der Waals surface area contributed by atoms with Crippen molar-refractivity contribution < 1.29 is 14.0 Å². The van der Waals surface area contributed by atoms with Gasteiger partial charge in [0, 0.05) is 11.6 Å². The predicted octanol–water partition coefficient (Wildman–Crippen LogP) is 3.66. The van der Waals surface area contributed by atoms with E-state index in [0.29, 0.717) is 22.8 Å². The number of hydrogen-bond acceptors (Lipinski definition) is 7. The standard InChI is InChI=1S/C21H18FN7O2.ClH/c1-13(2)29-12-24-27-19(29)17-10-6-9-16(25-17)18-23-11-15(22)21(26-18)31-28-20(30)14-7-4-3-5-8-14;/h3-13H,1-2H3,(H,28,30);1H. The minimum Gasteiger partial charge on any atom is -0.355 e. The molecule has 0 radical (unpaired) electrons. The Balaban J connectivity index is 0.00000289. The van der Waals surface area contributed by atoms with Gasteiger partial charge < -0.3 is 9.40 Å². The second-order valence-electron chi connectivity index (χ2n) is 6.81. The average Bonchev–Trinajstić information content (AvgIpc) is 3.29. The highest BCUT2D eigenvalue weighted by Crippen LogP contribution is 2.23. The first-order valence-electron chi connectivity index (χ1n) is 9.45. The summed E-state index contributed by atoms with van der Waals surface area (Å²) in [5.74, 6) is -1.07. The summed E-state index contributed by atoms with van der Waals surface area (Å²) < 4.78 is 16.0. The van der Waals surface area contributed by atoms with Crippen molar-refractivity contribution in [1.82, 2.24) is 35.2 Å². The molecule has 0 spiro atoms. The van der Waals surface area contributed by atoms with Crippen LogP contribution in [0.25, 0.3) is 23.0 Å². The van der Waals surface area contributed by atoms with Gasteiger partial charge in [0.05, 0.1) is 6.20 Å². The lowest BCUT2D eigenvalue weighted by Crippen LogP contribution is -2.27. The number of rotatable bonds is 6. The average molecular weight is 456 g/mol. The highest BCUT2D eigenvalue weighted by Gasteiger charge is 2.16. The van der Waals surface area contributed by atoms with Gasteiger partial charge in [-0.1, -0.05) is 24.3 Å². The van der Waals surface area contributed by atoms with Gasteiger partial charge in [0.1, 0.15) is 17.7 Å². The Bertz CT molecular complexity index is 1220. The lowest BCUT2D eigenvalue weighted by molar-refractivity contribution is 0.0741. The van der Waals surface area contributed by atoms with Crippen molar-refractivity contribution in [3.63, 3.8) is 0 Å². The van der Waals surface area contributed by atoms with Crippen LogP contribution in [0.4, 0.5) is 4.39 Å². The van der Waals surface area contributed by atoms with Crippen LogP contribution in [0.15, 0.2) is 61.1 Å². The van der Waals surface area contributed by atoms with Gasteiger partial charge in [-0.15, -0.1) is 22.6 Å². The van der Waals surface area contributed by atoms with E-state index in [1.807, 2.05) is 18.4 Å². The number of aromatic nitrogens is 6. The van der Waals surface area contributed by atoms with Crippen LogP contribution in [0.5, 0.6) is 5.88 Å². The Labute approximate surface area is 189 Å². The van der Waals surface area contributed by atoms with E-state index in [1.165, 1.54) is 0 Å². The molecule has 0 bridgehead atoms. The summed E-state index contributed by atoms with van der Waals surface area (Å²) in [6.07, 6.45) is 2.58. The molecule has 0 saturated carbocycles.